The van der Waals surface area contributed by atoms with Crippen LogP contribution in [0.2, 0.25) is 10.0 Å². The SMILES string of the molecule is CC(Oc1ccc(C#N)nc1N)c1c(Cl)ccc(F)c1Cl. The Bertz CT molecular complexity index is 731. The van der Waals surface area contributed by atoms with Crippen molar-refractivity contribution in [2.24, 2.45) is 0 Å². The number of rotatable bonds is 3. The summed E-state index contributed by atoms with van der Waals surface area (Å²) in [5.41, 5.74) is 6.20. The lowest BCUT2D eigenvalue weighted by Crippen LogP contribution is -2.08. The van der Waals surface area contributed by atoms with Crippen LogP contribution in [0.4, 0.5) is 10.2 Å². The third-order valence-electron chi connectivity index (χ3n) is 2.79. The highest BCUT2D eigenvalue weighted by atomic mass is 35.5. The molecule has 0 radical (unpaired) electrons. The highest BCUT2D eigenvalue weighted by Crippen LogP contribution is 2.35. The summed E-state index contributed by atoms with van der Waals surface area (Å²) in [6.07, 6.45) is -0.641. The Morgan fingerprint density at radius 3 is 2.67 bits per heavy atom. The van der Waals surface area contributed by atoms with Gasteiger partial charge in [-0.15, -0.1) is 0 Å². The summed E-state index contributed by atoms with van der Waals surface area (Å²) in [5, 5.41) is 8.92. The fourth-order valence-corrected chi connectivity index (χ4v) is 2.47. The van der Waals surface area contributed by atoms with E-state index in [1.165, 1.54) is 24.3 Å². The van der Waals surface area contributed by atoms with Crippen molar-refractivity contribution in [3.8, 4) is 11.8 Å². The van der Waals surface area contributed by atoms with Gasteiger partial charge >= 0.3 is 0 Å². The van der Waals surface area contributed by atoms with E-state index < -0.39 is 11.9 Å². The standard InChI is InChI=1S/C14H10Cl2FN3O/c1-7(12-9(15)3-4-10(17)13(12)16)21-11-5-2-8(6-18)20-14(11)19/h2-5,7H,1H3,(H2,19,20). The van der Waals surface area contributed by atoms with E-state index in [1.54, 1.807) is 6.92 Å². The van der Waals surface area contributed by atoms with Crippen LogP contribution in [0.1, 0.15) is 24.3 Å². The largest absolute Gasteiger partial charge is 0.482 e. The fourth-order valence-electron chi connectivity index (χ4n) is 1.79. The monoisotopic (exact) mass is 325 g/mol. The van der Waals surface area contributed by atoms with Crippen molar-refractivity contribution in [3.63, 3.8) is 0 Å². The van der Waals surface area contributed by atoms with Crippen molar-refractivity contribution in [3.05, 3.63) is 51.4 Å². The average Bonchev–Trinajstić information content (AvgIpc) is 2.45. The van der Waals surface area contributed by atoms with Gasteiger partial charge in [-0.1, -0.05) is 23.2 Å². The zero-order chi connectivity index (χ0) is 15.6. The van der Waals surface area contributed by atoms with Crippen molar-refractivity contribution in [1.29, 1.82) is 5.26 Å². The van der Waals surface area contributed by atoms with Crippen LogP contribution >= 0.6 is 23.2 Å². The van der Waals surface area contributed by atoms with Gasteiger partial charge in [-0.25, -0.2) is 9.37 Å². The van der Waals surface area contributed by atoms with E-state index in [0.29, 0.717) is 5.56 Å². The van der Waals surface area contributed by atoms with Gasteiger partial charge in [0.15, 0.2) is 11.6 Å². The van der Waals surface area contributed by atoms with E-state index in [4.69, 9.17) is 38.9 Å². The number of nitrogen functional groups attached to an aromatic ring is 1. The number of halogens is 3. The van der Waals surface area contributed by atoms with Crippen LogP contribution in [0.3, 0.4) is 0 Å². The van der Waals surface area contributed by atoms with Crippen molar-refractivity contribution in [2.75, 3.05) is 5.73 Å². The molecule has 0 aliphatic carbocycles. The first-order valence-corrected chi connectivity index (χ1v) is 6.66. The molecule has 4 nitrogen and oxygen atoms in total. The Hall–Kier alpha value is -2.03. The first-order chi connectivity index (χ1) is 9.93. The third-order valence-corrected chi connectivity index (χ3v) is 3.50. The Balaban J connectivity index is 2.33. The third kappa shape index (κ3) is 3.18. The number of benzene rings is 1. The summed E-state index contributed by atoms with van der Waals surface area (Å²) in [6, 6.07) is 7.43. The van der Waals surface area contributed by atoms with E-state index in [-0.39, 0.29) is 27.3 Å². The molecule has 0 aliphatic rings. The zero-order valence-electron chi connectivity index (χ0n) is 10.9. The Labute approximate surface area is 130 Å². The lowest BCUT2D eigenvalue weighted by molar-refractivity contribution is 0.227. The molecule has 2 rings (SSSR count). The number of ether oxygens (including phenoxy) is 1. The number of aromatic nitrogens is 1. The lowest BCUT2D eigenvalue weighted by Gasteiger charge is -2.18. The highest BCUT2D eigenvalue weighted by Gasteiger charge is 2.19. The molecular formula is C14H10Cl2FN3O. The number of hydrogen-bond donors (Lipinski definition) is 1. The van der Waals surface area contributed by atoms with Crippen LogP contribution in [-0.4, -0.2) is 4.98 Å². The van der Waals surface area contributed by atoms with Gasteiger partial charge in [0.25, 0.3) is 0 Å². The first kappa shape index (κ1) is 15.4. The van der Waals surface area contributed by atoms with Crippen LogP contribution in [0, 0.1) is 17.1 Å². The van der Waals surface area contributed by atoms with Gasteiger partial charge in [0.2, 0.25) is 0 Å². The first-order valence-electron chi connectivity index (χ1n) is 5.90. The summed E-state index contributed by atoms with van der Waals surface area (Å²) in [6.45, 7) is 1.66. The lowest BCUT2D eigenvalue weighted by atomic mass is 10.1. The van der Waals surface area contributed by atoms with E-state index in [2.05, 4.69) is 4.98 Å². The van der Waals surface area contributed by atoms with Gasteiger partial charge < -0.3 is 10.5 Å². The quantitative estimate of drug-likeness (QED) is 0.861. The molecular weight excluding hydrogens is 316 g/mol. The number of nitrogens with two attached hydrogens (primary N) is 1. The molecule has 0 bridgehead atoms. The van der Waals surface area contributed by atoms with Crippen LogP contribution < -0.4 is 10.5 Å². The number of anilines is 1. The van der Waals surface area contributed by atoms with E-state index >= 15 is 0 Å². The molecule has 0 aliphatic heterocycles. The molecule has 1 atom stereocenters. The minimum atomic E-state index is -0.641. The number of nitrogens with zero attached hydrogens (tertiary/aromatic N) is 2. The van der Waals surface area contributed by atoms with E-state index in [1.807, 2.05) is 6.07 Å². The normalized spacial score (nSPS) is 11.8. The summed E-state index contributed by atoms with van der Waals surface area (Å²) >= 11 is 11.9. The van der Waals surface area contributed by atoms with Gasteiger partial charge in [-0.05, 0) is 31.2 Å². The van der Waals surface area contributed by atoms with Crippen LogP contribution in [-0.2, 0) is 0 Å². The van der Waals surface area contributed by atoms with Crippen molar-refractivity contribution >= 4 is 29.0 Å². The molecule has 2 aromatic rings. The van der Waals surface area contributed by atoms with Crippen molar-refractivity contribution in [1.82, 2.24) is 4.98 Å². The molecule has 1 heterocycles. The molecule has 0 saturated heterocycles. The van der Waals surface area contributed by atoms with Gasteiger partial charge in [-0.2, -0.15) is 5.26 Å². The van der Waals surface area contributed by atoms with Crippen LogP contribution in [0.15, 0.2) is 24.3 Å². The molecule has 108 valence electrons. The molecule has 0 amide bonds. The van der Waals surface area contributed by atoms with E-state index in [9.17, 15) is 4.39 Å². The minimum Gasteiger partial charge on any atom is -0.482 e. The van der Waals surface area contributed by atoms with Crippen LogP contribution in [0.25, 0.3) is 0 Å². The molecule has 1 aromatic carbocycles. The van der Waals surface area contributed by atoms with Crippen molar-refractivity contribution < 1.29 is 9.13 Å². The predicted molar refractivity (Wildman–Crippen MR) is 78.8 cm³/mol. The Morgan fingerprint density at radius 2 is 2.05 bits per heavy atom. The molecule has 1 unspecified atom stereocenters. The molecule has 0 saturated carbocycles. The second kappa shape index (κ2) is 6.17. The molecule has 21 heavy (non-hydrogen) atoms. The highest BCUT2D eigenvalue weighted by molar-refractivity contribution is 6.36. The molecule has 0 spiro atoms. The summed E-state index contributed by atoms with van der Waals surface area (Å²) in [7, 11) is 0. The number of hydrogen-bond acceptors (Lipinski definition) is 4. The maximum Gasteiger partial charge on any atom is 0.167 e. The molecule has 1 aromatic heterocycles. The molecule has 7 heteroatoms. The number of nitriles is 1. The maximum atomic E-state index is 13.5. The second-order valence-corrected chi connectivity index (χ2v) is 4.99. The summed E-state index contributed by atoms with van der Waals surface area (Å²) in [5.74, 6) is -0.264. The summed E-state index contributed by atoms with van der Waals surface area (Å²) < 4.78 is 19.1. The van der Waals surface area contributed by atoms with Gasteiger partial charge in [0.1, 0.15) is 23.7 Å². The smallest absolute Gasteiger partial charge is 0.167 e. The zero-order valence-corrected chi connectivity index (χ0v) is 12.4. The molecule has 0 fully saturated rings. The van der Waals surface area contributed by atoms with Gasteiger partial charge in [0.05, 0.1) is 5.02 Å². The topological polar surface area (TPSA) is 71.9 Å². The van der Waals surface area contributed by atoms with Gasteiger partial charge in [0, 0.05) is 10.6 Å². The van der Waals surface area contributed by atoms with Crippen LogP contribution in [0.5, 0.6) is 5.75 Å². The van der Waals surface area contributed by atoms with Gasteiger partial charge in [-0.3, -0.25) is 0 Å². The predicted octanol–water partition coefficient (Wildman–Crippen LogP) is 4.12. The average molecular weight is 326 g/mol. The second-order valence-electron chi connectivity index (χ2n) is 4.21. The fraction of sp³-hybridized carbons (Fsp3) is 0.143. The van der Waals surface area contributed by atoms with Crippen molar-refractivity contribution in [2.45, 2.75) is 13.0 Å². The summed E-state index contributed by atoms with van der Waals surface area (Å²) in [4.78, 5) is 3.85. The minimum absolute atomic E-state index is 0.0598. The Morgan fingerprint density at radius 1 is 1.33 bits per heavy atom. The molecule has 2 N–H and O–H groups in total. The Kier molecular flexibility index (Phi) is 4.51. The maximum absolute atomic E-state index is 13.5. The van der Waals surface area contributed by atoms with E-state index in [0.717, 1.165) is 0 Å². The number of pyridine rings is 1.